The van der Waals surface area contributed by atoms with Crippen LogP contribution in [0.3, 0.4) is 0 Å². The van der Waals surface area contributed by atoms with Gasteiger partial charge in [0.25, 0.3) is 0 Å². The SMILES string of the molecule is Cc1ccc(C(Br)c2c(C)c(C)cc(C)c2C)cc1. The Bertz CT molecular complexity index is 568. The Balaban J connectivity index is 2.55. The third-order valence-electron chi connectivity index (χ3n) is 4.05. The topological polar surface area (TPSA) is 0 Å². The number of benzene rings is 2. The second kappa shape index (κ2) is 5.50. The zero-order valence-corrected chi connectivity index (χ0v) is 13.9. The summed E-state index contributed by atoms with van der Waals surface area (Å²) in [6.07, 6.45) is 0. The minimum Gasteiger partial charge on any atom is -0.0786 e. The van der Waals surface area contributed by atoms with Gasteiger partial charge in [0.15, 0.2) is 0 Å². The van der Waals surface area contributed by atoms with Crippen LogP contribution in [0.25, 0.3) is 0 Å². The highest BCUT2D eigenvalue weighted by Gasteiger charge is 2.17. The van der Waals surface area contributed by atoms with Crippen LogP contribution in [-0.2, 0) is 0 Å². The van der Waals surface area contributed by atoms with Gasteiger partial charge >= 0.3 is 0 Å². The second-order valence-electron chi connectivity index (χ2n) is 5.45. The Morgan fingerprint density at radius 1 is 0.789 bits per heavy atom. The van der Waals surface area contributed by atoms with E-state index < -0.39 is 0 Å². The van der Waals surface area contributed by atoms with Crippen LogP contribution < -0.4 is 0 Å². The lowest BCUT2D eigenvalue weighted by molar-refractivity contribution is 1.07. The predicted molar refractivity (Wildman–Crippen MR) is 87.3 cm³/mol. The van der Waals surface area contributed by atoms with Gasteiger partial charge in [0.2, 0.25) is 0 Å². The fraction of sp³-hybridized carbons (Fsp3) is 0.333. The van der Waals surface area contributed by atoms with Gasteiger partial charge in [-0.25, -0.2) is 0 Å². The molecule has 2 rings (SSSR count). The molecule has 2 aromatic rings. The van der Waals surface area contributed by atoms with Gasteiger partial charge in [-0.3, -0.25) is 0 Å². The van der Waals surface area contributed by atoms with E-state index in [0.717, 1.165) is 0 Å². The lowest BCUT2D eigenvalue weighted by Gasteiger charge is -2.20. The summed E-state index contributed by atoms with van der Waals surface area (Å²) in [5, 5.41) is 0. The van der Waals surface area contributed by atoms with Crippen molar-refractivity contribution in [3.63, 3.8) is 0 Å². The summed E-state index contributed by atoms with van der Waals surface area (Å²) in [5.41, 5.74) is 9.57. The van der Waals surface area contributed by atoms with E-state index >= 15 is 0 Å². The summed E-state index contributed by atoms with van der Waals surface area (Å²) < 4.78 is 0. The standard InChI is InChI=1S/C18H21Br/c1-11-6-8-16(9-7-11)18(19)17-14(4)12(2)10-13(3)15(17)5/h6-10,18H,1-5H3. The average molecular weight is 317 g/mol. The molecule has 0 fully saturated rings. The van der Waals surface area contributed by atoms with Gasteiger partial charge in [-0.2, -0.15) is 0 Å². The third-order valence-corrected chi connectivity index (χ3v) is 5.03. The first-order valence-electron chi connectivity index (χ1n) is 6.69. The van der Waals surface area contributed by atoms with Crippen LogP contribution in [-0.4, -0.2) is 0 Å². The molecular formula is C18H21Br. The van der Waals surface area contributed by atoms with E-state index in [1.54, 1.807) is 0 Å². The van der Waals surface area contributed by atoms with Crippen molar-refractivity contribution in [2.75, 3.05) is 0 Å². The van der Waals surface area contributed by atoms with Gasteiger partial charge in [0.1, 0.15) is 0 Å². The van der Waals surface area contributed by atoms with Crippen LogP contribution in [0.1, 0.15) is 43.8 Å². The number of hydrogen-bond donors (Lipinski definition) is 0. The molecule has 0 nitrogen and oxygen atoms in total. The summed E-state index contributed by atoms with van der Waals surface area (Å²) >= 11 is 3.89. The van der Waals surface area contributed by atoms with Crippen LogP contribution in [0, 0.1) is 34.6 Å². The van der Waals surface area contributed by atoms with Crippen LogP contribution in [0.4, 0.5) is 0 Å². The van der Waals surface area contributed by atoms with Gasteiger partial charge in [-0.05, 0) is 68.0 Å². The normalized spacial score (nSPS) is 12.5. The van der Waals surface area contributed by atoms with E-state index in [4.69, 9.17) is 0 Å². The van der Waals surface area contributed by atoms with E-state index in [0.29, 0.717) is 0 Å². The molecule has 0 aliphatic carbocycles. The van der Waals surface area contributed by atoms with Gasteiger partial charge in [0, 0.05) is 0 Å². The molecule has 1 atom stereocenters. The maximum Gasteiger partial charge on any atom is 0.0649 e. The maximum absolute atomic E-state index is 3.89. The van der Waals surface area contributed by atoms with E-state index in [-0.39, 0.29) is 4.83 Å². The summed E-state index contributed by atoms with van der Waals surface area (Å²) in [6, 6.07) is 11.1. The van der Waals surface area contributed by atoms with E-state index in [1.165, 1.54) is 38.9 Å². The van der Waals surface area contributed by atoms with Crippen LogP contribution in [0.2, 0.25) is 0 Å². The fourth-order valence-electron chi connectivity index (χ4n) is 2.53. The number of alkyl halides is 1. The lowest BCUT2D eigenvalue weighted by Crippen LogP contribution is -2.03. The van der Waals surface area contributed by atoms with Crippen molar-refractivity contribution in [2.45, 2.75) is 39.4 Å². The highest BCUT2D eigenvalue weighted by molar-refractivity contribution is 9.09. The molecule has 0 aliphatic rings. The molecule has 0 N–H and O–H groups in total. The van der Waals surface area contributed by atoms with Crippen molar-refractivity contribution < 1.29 is 0 Å². The zero-order valence-electron chi connectivity index (χ0n) is 12.3. The monoisotopic (exact) mass is 316 g/mol. The Hall–Kier alpha value is -1.08. The summed E-state index contributed by atoms with van der Waals surface area (Å²) in [5.74, 6) is 0. The number of rotatable bonds is 2. The molecule has 0 saturated heterocycles. The first-order valence-corrected chi connectivity index (χ1v) is 7.61. The summed E-state index contributed by atoms with van der Waals surface area (Å²) in [4.78, 5) is 0.270. The van der Waals surface area contributed by atoms with Crippen molar-refractivity contribution in [3.8, 4) is 0 Å². The van der Waals surface area contributed by atoms with Crippen molar-refractivity contribution in [1.82, 2.24) is 0 Å². The molecule has 0 spiro atoms. The highest BCUT2D eigenvalue weighted by atomic mass is 79.9. The molecule has 1 unspecified atom stereocenters. The Labute approximate surface area is 125 Å². The Morgan fingerprint density at radius 2 is 1.26 bits per heavy atom. The highest BCUT2D eigenvalue weighted by Crippen LogP contribution is 2.37. The van der Waals surface area contributed by atoms with Gasteiger partial charge < -0.3 is 0 Å². The molecule has 0 heterocycles. The molecule has 0 bridgehead atoms. The number of aryl methyl sites for hydroxylation is 3. The second-order valence-corrected chi connectivity index (χ2v) is 6.36. The smallest absolute Gasteiger partial charge is 0.0649 e. The maximum atomic E-state index is 3.89. The average Bonchev–Trinajstić information content (AvgIpc) is 2.37. The number of halogens is 1. The Kier molecular flexibility index (Phi) is 4.15. The van der Waals surface area contributed by atoms with Crippen molar-refractivity contribution in [3.05, 3.63) is 69.3 Å². The van der Waals surface area contributed by atoms with Gasteiger partial charge in [0.05, 0.1) is 4.83 Å². The van der Waals surface area contributed by atoms with Crippen molar-refractivity contribution in [2.24, 2.45) is 0 Å². The minimum absolute atomic E-state index is 0.270. The molecule has 0 saturated carbocycles. The molecule has 2 aromatic carbocycles. The van der Waals surface area contributed by atoms with Crippen molar-refractivity contribution in [1.29, 1.82) is 0 Å². The first-order chi connectivity index (χ1) is 8.91. The number of hydrogen-bond acceptors (Lipinski definition) is 0. The van der Waals surface area contributed by atoms with Gasteiger partial charge in [-0.15, -0.1) is 0 Å². The molecule has 100 valence electrons. The van der Waals surface area contributed by atoms with E-state index in [2.05, 4.69) is 80.9 Å². The summed E-state index contributed by atoms with van der Waals surface area (Å²) in [7, 11) is 0. The first kappa shape index (κ1) is 14.3. The molecule has 0 aliphatic heterocycles. The molecule has 0 amide bonds. The van der Waals surface area contributed by atoms with Crippen LogP contribution in [0.15, 0.2) is 30.3 Å². The van der Waals surface area contributed by atoms with E-state index in [1.807, 2.05) is 0 Å². The Morgan fingerprint density at radius 3 is 1.74 bits per heavy atom. The van der Waals surface area contributed by atoms with E-state index in [9.17, 15) is 0 Å². The molecule has 19 heavy (non-hydrogen) atoms. The van der Waals surface area contributed by atoms with Crippen LogP contribution in [0.5, 0.6) is 0 Å². The molecule has 0 radical (unpaired) electrons. The molecule has 0 aromatic heterocycles. The third kappa shape index (κ3) is 2.76. The van der Waals surface area contributed by atoms with Gasteiger partial charge in [-0.1, -0.05) is 51.8 Å². The quantitative estimate of drug-likeness (QED) is 0.622. The predicted octanol–water partition coefficient (Wildman–Crippen LogP) is 5.71. The zero-order chi connectivity index (χ0) is 14.2. The largest absolute Gasteiger partial charge is 0.0786 e. The van der Waals surface area contributed by atoms with Crippen LogP contribution >= 0.6 is 15.9 Å². The lowest BCUT2D eigenvalue weighted by atomic mass is 9.90. The fourth-order valence-corrected chi connectivity index (χ4v) is 3.52. The summed E-state index contributed by atoms with van der Waals surface area (Å²) in [6.45, 7) is 11.0. The molecule has 1 heteroatoms. The molecular weight excluding hydrogens is 296 g/mol. The minimum atomic E-state index is 0.270. The van der Waals surface area contributed by atoms with Crippen molar-refractivity contribution >= 4 is 15.9 Å².